The summed E-state index contributed by atoms with van der Waals surface area (Å²) in [5.41, 5.74) is 1.22. The summed E-state index contributed by atoms with van der Waals surface area (Å²) in [7, 11) is 1.73. The Hall–Kier alpha value is -1.06. The second-order valence-electron chi connectivity index (χ2n) is 4.90. The van der Waals surface area contributed by atoms with Gasteiger partial charge in [-0.2, -0.15) is 0 Å². The van der Waals surface area contributed by atoms with E-state index in [1.165, 1.54) is 5.56 Å². The molecule has 0 radical (unpaired) electrons. The Morgan fingerprint density at radius 2 is 1.95 bits per heavy atom. The summed E-state index contributed by atoms with van der Waals surface area (Å²) in [4.78, 5) is 0. The van der Waals surface area contributed by atoms with Crippen LogP contribution in [0.25, 0.3) is 0 Å². The highest BCUT2D eigenvalue weighted by molar-refractivity contribution is 5.35. The van der Waals surface area contributed by atoms with Crippen molar-refractivity contribution in [1.29, 1.82) is 0 Å². The molecule has 2 atom stereocenters. The number of rotatable bonds is 9. The summed E-state index contributed by atoms with van der Waals surface area (Å²) in [6.45, 7) is 8.16. The molecule has 1 rings (SSSR count). The van der Waals surface area contributed by atoms with Crippen molar-refractivity contribution in [1.82, 2.24) is 5.32 Å². The zero-order valence-corrected chi connectivity index (χ0v) is 12.6. The molecule has 0 aliphatic heterocycles. The first kappa shape index (κ1) is 16.0. The van der Waals surface area contributed by atoms with E-state index in [4.69, 9.17) is 9.47 Å². The van der Waals surface area contributed by atoms with Crippen LogP contribution in [0.3, 0.4) is 0 Å². The van der Waals surface area contributed by atoms with Crippen molar-refractivity contribution in [3.8, 4) is 5.75 Å². The van der Waals surface area contributed by atoms with Gasteiger partial charge in [0.25, 0.3) is 0 Å². The second-order valence-corrected chi connectivity index (χ2v) is 4.90. The maximum absolute atomic E-state index is 5.98. The van der Waals surface area contributed by atoms with Gasteiger partial charge in [0.2, 0.25) is 0 Å². The first-order chi connectivity index (χ1) is 9.19. The third-order valence-corrected chi connectivity index (χ3v) is 3.26. The van der Waals surface area contributed by atoms with Crippen molar-refractivity contribution in [2.24, 2.45) is 0 Å². The summed E-state index contributed by atoms with van der Waals surface area (Å²) in [5.74, 6) is 0.989. The molecule has 3 nitrogen and oxygen atoms in total. The van der Waals surface area contributed by atoms with Gasteiger partial charge in [-0.25, -0.2) is 0 Å². The molecule has 1 N–H and O–H groups in total. The van der Waals surface area contributed by atoms with Crippen LogP contribution < -0.4 is 10.1 Å². The summed E-state index contributed by atoms with van der Waals surface area (Å²) < 4.78 is 11.0. The van der Waals surface area contributed by atoms with Gasteiger partial charge < -0.3 is 14.8 Å². The van der Waals surface area contributed by atoms with Gasteiger partial charge in [-0.05, 0) is 39.3 Å². The van der Waals surface area contributed by atoms with Gasteiger partial charge in [-0.15, -0.1) is 0 Å². The SMILES string of the molecule is CCC(C)Oc1ccccc1C(C)NCCCOC. The van der Waals surface area contributed by atoms with Crippen molar-refractivity contribution < 1.29 is 9.47 Å². The largest absolute Gasteiger partial charge is 0.490 e. The Balaban J connectivity index is 2.59. The highest BCUT2D eigenvalue weighted by atomic mass is 16.5. The lowest BCUT2D eigenvalue weighted by atomic mass is 10.1. The van der Waals surface area contributed by atoms with Crippen LogP contribution in [0.15, 0.2) is 24.3 Å². The molecule has 0 fully saturated rings. The van der Waals surface area contributed by atoms with Crippen LogP contribution >= 0.6 is 0 Å². The van der Waals surface area contributed by atoms with Crippen molar-refractivity contribution in [3.05, 3.63) is 29.8 Å². The highest BCUT2D eigenvalue weighted by Gasteiger charge is 2.12. The minimum absolute atomic E-state index is 0.252. The molecule has 0 saturated heterocycles. The van der Waals surface area contributed by atoms with Gasteiger partial charge >= 0.3 is 0 Å². The van der Waals surface area contributed by atoms with Gasteiger partial charge in [-0.1, -0.05) is 25.1 Å². The number of benzene rings is 1. The van der Waals surface area contributed by atoms with Crippen LogP contribution in [0.5, 0.6) is 5.75 Å². The lowest BCUT2D eigenvalue weighted by Gasteiger charge is -2.20. The fourth-order valence-corrected chi connectivity index (χ4v) is 1.89. The molecule has 0 aliphatic rings. The van der Waals surface area contributed by atoms with Gasteiger partial charge in [0.05, 0.1) is 6.10 Å². The summed E-state index contributed by atoms with van der Waals surface area (Å²) in [6, 6.07) is 8.56. The number of ether oxygens (including phenoxy) is 2. The maximum Gasteiger partial charge on any atom is 0.124 e. The molecule has 0 amide bonds. The topological polar surface area (TPSA) is 30.5 Å². The fourth-order valence-electron chi connectivity index (χ4n) is 1.89. The number of hydrogen-bond donors (Lipinski definition) is 1. The van der Waals surface area contributed by atoms with Crippen LogP contribution in [0.4, 0.5) is 0 Å². The lowest BCUT2D eigenvalue weighted by molar-refractivity contribution is 0.193. The van der Waals surface area contributed by atoms with Gasteiger partial charge in [0, 0.05) is 25.3 Å². The summed E-state index contributed by atoms with van der Waals surface area (Å²) >= 11 is 0. The van der Waals surface area contributed by atoms with E-state index in [0.29, 0.717) is 0 Å². The Morgan fingerprint density at radius 1 is 1.21 bits per heavy atom. The molecule has 0 aliphatic carbocycles. The van der Waals surface area contributed by atoms with E-state index in [1.54, 1.807) is 7.11 Å². The van der Waals surface area contributed by atoms with Crippen molar-refractivity contribution in [2.45, 2.75) is 45.8 Å². The summed E-state index contributed by atoms with van der Waals surface area (Å²) in [6.07, 6.45) is 2.29. The van der Waals surface area contributed by atoms with Gasteiger partial charge in [0.1, 0.15) is 5.75 Å². The van der Waals surface area contributed by atoms with Crippen LogP contribution in [-0.2, 0) is 4.74 Å². The van der Waals surface area contributed by atoms with Crippen molar-refractivity contribution in [2.75, 3.05) is 20.3 Å². The van der Waals surface area contributed by atoms with Crippen molar-refractivity contribution >= 4 is 0 Å². The average Bonchev–Trinajstić information content (AvgIpc) is 2.43. The van der Waals surface area contributed by atoms with Gasteiger partial charge in [-0.3, -0.25) is 0 Å². The van der Waals surface area contributed by atoms with Gasteiger partial charge in [0.15, 0.2) is 0 Å². The molecular formula is C16H27NO2. The quantitative estimate of drug-likeness (QED) is 0.693. The molecule has 19 heavy (non-hydrogen) atoms. The first-order valence-corrected chi connectivity index (χ1v) is 7.17. The van der Waals surface area contributed by atoms with E-state index in [-0.39, 0.29) is 12.1 Å². The Bertz CT molecular complexity index is 354. The van der Waals surface area contributed by atoms with Crippen molar-refractivity contribution in [3.63, 3.8) is 0 Å². The molecule has 3 heteroatoms. The molecule has 0 aromatic heterocycles. The van der Waals surface area contributed by atoms with E-state index < -0.39 is 0 Å². The second kappa shape index (κ2) is 8.94. The highest BCUT2D eigenvalue weighted by Crippen LogP contribution is 2.26. The first-order valence-electron chi connectivity index (χ1n) is 7.17. The van der Waals surface area contributed by atoms with E-state index in [9.17, 15) is 0 Å². The smallest absolute Gasteiger partial charge is 0.124 e. The zero-order valence-electron chi connectivity index (χ0n) is 12.6. The zero-order chi connectivity index (χ0) is 14.1. The van der Waals surface area contributed by atoms with Crippen LogP contribution in [0, 0.1) is 0 Å². The maximum atomic E-state index is 5.98. The number of hydrogen-bond acceptors (Lipinski definition) is 3. The number of methoxy groups -OCH3 is 1. The number of para-hydroxylation sites is 1. The van der Waals surface area contributed by atoms with E-state index in [2.05, 4.69) is 44.3 Å². The molecule has 0 saturated carbocycles. The van der Waals surface area contributed by atoms with Crippen LogP contribution in [0.2, 0.25) is 0 Å². The van der Waals surface area contributed by atoms with Crippen LogP contribution in [0.1, 0.15) is 45.2 Å². The minimum atomic E-state index is 0.252. The Kier molecular flexibility index (Phi) is 7.53. The van der Waals surface area contributed by atoms with E-state index in [1.807, 2.05) is 6.07 Å². The molecular weight excluding hydrogens is 238 g/mol. The predicted octanol–water partition coefficient (Wildman–Crippen LogP) is 3.55. The fraction of sp³-hybridized carbons (Fsp3) is 0.625. The third kappa shape index (κ3) is 5.62. The molecule has 0 heterocycles. The molecule has 108 valence electrons. The van der Waals surface area contributed by atoms with Crippen LogP contribution in [-0.4, -0.2) is 26.4 Å². The molecule has 0 bridgehead atoms. The Labute approximate surface area is 117 Å². The minimum Gasteiger partial charge on any atom is -0.490 e. The van der Waals surface area contributed by atoms with E-state index >= 15 is 0 Å². The monoisotopic (exact) mass is 265 g/mol. The Morgan fingerprint density at radius 3 is 2.63 bits per heavy atom. The molecule has 0 spiro atoms. The normalized spacial score (nSPS) is 14.1. The third-order valence-electron chi connectivity index (χ3n) is 3.26. The number of nitrogens with one attached hydrogen (secondary N) is 1. The standard InChI is InChI=1S/C16H27NO2/c1-5-13(2)19-16-10-7-6-9-15(16)14(3)17-11-8-12-18-4/h6-7,9-10,13-14,17H,5,8,11-12H2,1-4H3. The summed E-state index contributed by atoms with van der Waals surface area (Å²) in [5, 5.41) is 3.51. The lowest BCUT2D eigenvalue weighted by Crippen LogP contribution is -2.22. The molecule has 1 aromatic carbocycles. The average molecular weight is 265 g/mol. The predicted molar refractivity (Wildman–Crippen MR) is 79.7 cm³/mol. The van der Waals surface area contributed by atoms with E-state index in [0.717, 1.165) is 31.7 Å². The molecule has 1 aromatic rings. The molecule has 2 unspecified atom stereocenters.